The number of carbonyl (C=O) groups is 1. The van der Waals surface area contributed by atoms with E-state index >= 15 is 0 Å². The van der Waals surface area contributed by atoms with Gasteiger partial charge in [-0.2, -0.15) is 0 Å². The van der Waals surface area contributed by atoms with Gasteiger partial charge in [0.25, 0.3) is 5.91 Å². The lowest BCUT2D eigenvalue weighted by Gasteiger charge is -2.31. The zero-order valence-electron chi connectivity index (χ0n) is 18.6. The van der Waals surface area contributed by atoms with E-state index in [0.29, 0.717) is 62.2 Å². The predicted octanol–water partition coefficient (Wildman–Crippen LogP) is 2.69. The zero-order chi connectivity index (χ0) is 22.4. The Labute approximate surface area is 184 Å². The third-order valence-electron chi connectivity index (χ3n) is 5.49. The fourth-order valence-corrected chi connectivity index (χ4v) is 5.84. The van der Waals surface area contributed by atoms with Crippen molar-refractivity contribution in [3.05, 3.63) is 17.7 Å². The number of ether oxygens (including phenoxy) is 4. The van der Waals surface area contributed by atoms with E-state index in [1.54, 1.807) is 17.0 Å². The highest BCUT2D eigenvalue weighted by Gasteiger charge is 2.37. The molecule has 2 atom stereocenters. The van der Waals surface area contributed by atoms with Crippen LogP contribution in [0.4, 0.5) is 0 Å². The fourth-order valence-electron chi connectivity index (χ4n) is 4.10. The van der Waals surface area contributed by atoms with Crippen molar-refractivity contribution in [3.63, 3.8) is 0 Å². The molecule has 2 aliphatic heterocycles. The average molecular weight is 456 g/mol. The maximum Gasteiger partial charge on any atom is 0.254 e. The molecular formula is C22H33NO7S. The minimum atomic E-state index is -3.14. The Morgan fingerprint density at radius 3 is 2.19 bits per heavy atom. The van der Waals surface area contributed by atoms with Crippen LogP contribution in [0.15, 0.2) is 12.1 Å². The van der Waals surface area contributed by atoms with Crippen molar-refractivity contribution >= 4 is 15.7 Å². The van der Waals surface area contributed by atoms with Gasteiger partial charge in [0.1, 0.15) is 0 Å². The molecule has 2 heterocycles. The van der Waals surface area contributed by atoms with Crippen molar-refractivity contribution in [2.45, 2.75) is 52.2 Å². The highest BCUT2D eigenvalue weighted by molar-refractivity contribution is 7.91. The summed E-state index contributed by atoms with van der Waals surface area (Å²) in [5, 5.41) is 0. The molecule has 2 saturated heterocycles. The Balaban J connectivity index is 1.96. The first-order valence-electron chi connectivity index (χ1n) is 11.1. The number of carbonyl (C=O) groups excluding carboxylic acids is 1. The van der Waals surface area contributed by atoms with Crippen LogP contribution in [0.25, 0.3) is 0 Å². The molecule has 1 aromatic carbocycles. The third kappa shape index (κ3) is 5.83. The van der Waals surface area contributed by atoms with Crippen LogP contribution in [0, 0.1) is 0 Å². The van der Waals surface area contributed by atoms with Gasteiger partial charge in [0.05, 0.1) is 37.4 Å². The molecule has 0 bridgehead atoms. The lowest BCUT2D eigenvalue weighted by atomic mass is 10.1. The van der Waals surface area contributed by atoms with Crippen molar-refractivity contribution < 1.29 is 32.2 Å². The minimum absolute atomic E-state index is 0.0148. The molecule has 0 spiro atoms. The molecule has 0 N–H and O–H groups in total. The number of hydrogen-bond acceptors (Lipinski definition) is 7. The van der Waals surface area contributed by atoms with E-state index in [1.165, 1.54) is 0 Å². The van der Waals surface area contributed by atoms with E-state index in [0.717, 1.165) is 12.8 Å². The first-order valence-corrected chi connectivity index (χ1v) is 12.9. The Morgan fingerprint density at radius 1 is 1.06 bits per heavy atom. The van der Waals surface area contributed by atoms with Crippen LogP contribution < -0.4 is 14.2 Å². The molecule has 0 radical (unpaired) electrons. The minimum Gasteiger partial charge on any atom is -0.490 e. The summed E-state index contributed by atoms with van der Waals surface area (Å²) in [6, 6.07) is 2.95. The van der Waals surface area contributed by atoms with Crippen LogP contribution in [0.2, 0.25) is 0 Å². The monoisotopic (exact) mass is 455 g/mol. The normalized spacial score (nSPS) is 22.3. The lowest BCUT2D eigenvalue weighted by Crippen LogP contribution is -2.45. The number of nitrogens with zero attached hydrogens (tertiary/aromatic N) is 1. The third-order valence-corrected chi connectivity index (χ3v) is 7.24. The summed E-state index contributed by atoms with van der Waals surface area (Å²) < 4.78 is 47.2. The topological polar surface area (TPSA) is 91.4 Å². The number of rotatable bonds is 10. The van der Waals surface area contributed by atoms with Gasteiger partial charge >= 0.3 is 0 Å². The van der Waals surface area contributed by atoms with Crippen LogP contribution >= 0.6 is 0 Å². The van der Waals surface area contributed by atoms with E-state index in [4.69, 9.17) is 18.9 Å². The molecule has 174 valence electrons. The summed E-state index contributed by atoms with van der Waals surface area (Å²) >= 11 is 0. The number of amides is 1. The van der Waals surface area contributed by atoms with Crippen LogP contribution in [0.1, 0.15) is 50.4 Å². The second kappa shape index (κ2) is 10.5. The molecule has 0 unspecified atom stereocenters. The predicted molar refractivity (Wildman–Crippen MR) is 117 cm³/mol. The quantitative estimate of drug-likeness (QED) is 0.536. The Hall–Kier alpha value is -2.00. The van der Waals surface area contributed by atoms with Gasteiger partial charge in [0.2, 0.25) is 5.75 Å². The molecule has 9 heteroatoms. The molecule has 0 aromatic heterocycles. The molecular weight excluding hydrogens is 422 g/mol. The van der Waals surface area contributed by atoms with Gasteiger partial charge < -0.3 is 23.8 Å². The van der Waals surface area contributed by atoms with Crippen LogP contribution in [-0.4, -0.2) is 75.8 Å². The molecule has 2 fully saturated rings. The van der Waals surface area contributed by atoms with Gasteiger partial charge in [-0.3, -0.25) is 4.79 Å². The van der Waals surface area contributed by atoms with E-state index in [9.17, 15) is 13.2 Å². The Bertz CT molecular complexity index is 838. The van der Waals surface area contributed by atoms with E-state index in [1.807, 2.05) is 20.8 Å². The lowest BCUT2D eigenvalue weighted by molar-refractivity contribution is 0.0440. The summed E-state index contributed by atoms with van der Waals surface area (Å²) in [6.07, 6.45) is 2.17. The molecule has 31 heavy (non-hydrogen) atoms. The van der Waals surface area contributed by atoms with E-state index in [2.05, 4.69) is 0 Å². The molecule has 0 saturated carbocycles. The van der Waals surface area contributed by atoms with Crippen molar-refractivity contribution in [3.8, 4) is 17.2 Å². The summed E-state index contributed by atoms with van der Waals surface area (Å²) in [5.41, 5.74) is 0.387. The molecule has 1 amide bonds. The fraction of sp³-hybridized carbons (Fsp3) is 0.682. The van der Waals surface area contributed by atoms with Crippen LogP contribution in [0.3, 0.4) is 0 Å². The van der Waals surface area contributed by atoms with Gasteiger partial charge in [-0.1, -0.05) is 0 Å². The standard InChI is InChI=1S/C22H33NO7S/c1-4-27-19-12-16(13-20(28-5-2)21(19)29-6-3)22(24)23(14-18-8-7-10-30-18)17-9-11-31(25,26)15-17/h12-13,17-18H,4-11,14-15H2,1-3H3/t17-,18-/m1/s1. The highest BCUT2D eigenvalue weighted by Crippen LogP contribution is 2.40. The number of benzene rings is 1. The Morgan fingerprint density at radius 2 is 1.71 bits per heavy atom. The summed E-state index contributed by atoms with van der Waals surface area (Å²) in [5.74, 6) is 1.19. The van der Waals surface area contributed by atoms with Crippen molar-refractivity contribution in [2.24, 2.45) is 0 Å². The van der Waals surface area contributed by atoms with E-state index < -0.39 is 9.84 Å². The van der Waals surface area contributed by atoms with Crippen molar-refractivity contribution in [1.29, 1.82) is 0 Å². The van der Waals surface area contributed by atoms with Crippen LogP contribution in [0.5, 0.6) is 17.2 Å². The maximum atomic E-state index is 13.6. The van der Waals surface area contributed by atoms with Gasteiger partial charge in [0, 0.05) is 24.8 Å². The Kier molecular flexibility index (Phi) is 8.05. The van der Waals surface area contributed by atoms with Crippen molar-refractivity contribution in [2.75, 3.05) is 44.5 Å². The second-order valence-electron chi connectivity index (χ2n) is 7.75. The van der Waals surface area contributed by atoms with Gasteiger partial charge in [0.15, 0.2) is 21.3 Å². The van der Waals surface area contributed by atoms with Gasteiger partial charge in [-0.15, -0.1) is 0 Å². The van der Waals surface area contributed by atoms with Gasteiger partial charge in [-0.05, 0) is 52.2 Å². The van der Waals surface area contributed by atoms with E-state index in [-0.39, 0.29) is 29.6 Å². The summed E-state index contributed by atoms with van der Waals surface area (Å²) in [6.45, 7) is 7.87. The smallest absolute Gasteiger partial charge is 0.254 e. The zero-order valence-corrected chi connectivity index (χ0v) is 19.4. The first-order chi connectivity index (χ1) is 14.9. The van der Waals surface area contributed by atoms with Gasteiger partial charge in [-0.25, -0.2) is 8.42 Å². The van der Waals surface area contributed by atoms with Crippen molar-refractivity contribution in [1.82, 2.24) is 4.90 Å². The molecule has 8 nitrogen and oxygen atoms in total. The summed E-state index contributed by atoms with van der Waals surface area (Å²) in [7, 11) is -3.14. The SMILES string of the molecule is CCOc1cc(C(=O)N(C[C@H]2CCCO2)[C@@H]2CCS(=O)(=O)C2)cc(OCC)c1OCC. The number of sulfone groups is 1. The highest BCUT2D eigenvalue weighted by atomic mass is 32.2. The molecule has 1 aromatic rings. The molecule has 0 aliphatic carbocycles. The number of hydrogen-bond donors (Lipinski definition) is 0. The van der Waals surface area contributed by atoms with Crippen LogP contribution in [-0.2, 0) is 14.6 Å². The second-order valence-corrected chi connectivity index (χ2v) is 9.98. The average Bonchev–Trinajstić information content (AvgIpc) is 3.37. The molecule has 3 rings (SSSR count). The molecule has 2 aliphatic rings. The summed E-state index contributed by atoms with van der Waals surface area (Å²) in [4.78, 5) is 15.3. The first kappa shape index (κ1) is 23.7. The largest absolute Gasteiger partial charge is 0.490 e. The maximum absolute atomic E-state index is 13.6.